The molecule has 3 aromatic carbocycles. The largest absolute Gasteiger partial charge is 0.497 e. The number of hydrogen-bond acceptors (Lipinski definition) is 5. The van der Waals surface area contributed by atoms with Gasteiger partial charge < -0.3 is 24.2 Å². The van der Waals surface area contributed by atoms with Crippen molar-refractivity contribution in [1.82, 2.24) is 9.80 Å². The van der Waals surface area contributed by atoms with E-state index in [-0.39, 0.29) is 23.7 Å². The van der Waals surface area contributed by atoms with Crippen molar-refractivity contribution in [2.45, 2.75) is 12.8 Å². The first-order chi connectivity index (χ1) is 18.5. The van der Waals surface area contributed by atoms with Crippen LogP contribution in [-0.2, 0) is 4.79 Å². The van der Waals surface area contributed by atoms with Gasteiger partial charge in [0.1, 0.15) is 11.5 Å². The minimum absolute atomic E-state index is 0.0692. The maximum Gasteiger partial charge on any atom is 0.253 e. The number of methoxy groups -OCH3 is 2. The van der Waals surface area contributed by atoms with E-state index >= 15 is 0 Å². The molecule has 198 valence electrons. The van der Waals surface area contributed by atoms with Gasteiger partial charge in [-0.3, -0.25) is 9.59 Å². The minimum Gasteiger partial charge on any atom is -0.497 e. The molecule has 2 amide bonds. The number of amides is 2. The van der Waals surface area contributed by atoms with Gasteiger partial charge >= 0.3 is 0 Å². The number of aryl methyl sites for hydroxylation is 1. The Morgan fingerprint density at radius 2 is 1.47 bits per heavy atom. The molecule has 2 unspecified atom stereocenters. The Hall–Kier alpha value is -4.00. The zero-order valence-corrected chi connectivity index (χ0v) is 22.3. The molecule has 0 bridgehead atoms. The molecule has 0 radical (unpaired) electrons. The molecule has 0 spiro atoms. The van der Waals surface area contributed by atoms with E-state index in [1.54, 1.807) is 38.5 Å². The Bertz CT molecular complexity index is 1280. The van der Waals surface area contributed by atoms with Crippen LogP contribution in [0.25, 0.3) is 0 Å². The molecular weight excluding hydrogens is 478 g/mol. The Morgan fingerprint density at radius 3 is 2.16 bits per heavy atom. The zero-order valence-electron chi connectivity index (χ0n) is 22.3. The summed E-state index contributed by atoms with van der Waals surface area (Å²) in [7, 11) is 3.25. The van der Waals surface area contributed by atoms with Gasteiger partial charge in [-0.25, -0.2) is 0 Å². The van der Waals surface area contributed by atoms with Crippen LogP contribution in [0.5, 0.6) is 11.5 Å². The molecule has 0 aromatic heterocycles. The number of piperazine rings is 1. The second-order valence-corrected chi connectivity index (χ2v) is 10.0. The van der Waals surface area contributed by atoms with E-state index < -0.39 is 0 Å². The average molecular weight is 514 g/mol. The summed E-state index contributed by atoms with van der Waals surface area (Å²) >= 11 is 0. The van der Waals surface area contributed by atoms with Crippen molar-refractivity contribution < 1.29 is 19.1 Å². The highest BCUT2D eigenvalue weighted by atomic mass is 16.5. The number of anilines is 1. The third-order valence-corrected chi connectivity index (χ3v) is 7.83. The molecule has 7 heteroatoms. The highest BCUT2D eigenvalue weighted by molar-refractivity contribution is 5.95. The third-order valence-electron chi connectivity index (χ3n) is 7.83. The molecule has 2 atom stereocenters. The molecule has 5 rings (SSSR count). The lowest BCUT2D eigenvalue weighted by Gasteiger charge is -2.38. The van der Waals surface area contributed by atoms with E-state index in [0.29, 0.717) is 37.5 Å². The predicted molar refractivity (Wildman–Crippen MR) is 148 cm³/mol. The van der Waals surface area contributed by atoms with Crippen LogP contribution in [0.4, 0.5) is 5.69 Å². The van der Waals surface area contributed by atoms with Crippen molar-refractivity contribution in [2.24, 2.45) is 5.92 Å². The summed E-state index contributed by atoms with van der Waals surface area (Å²) in [5.41, 5.74) is 4.08. The number of carbonyl (C=O) groups is 2. The molecular formula is C31H35N3O4. The van der Waals surface area contributed by atoms with Gasteiger partial charge in [-0.1, -0.05) is 30.3 Å². The van der Waals surface area contributed by atoms with E-state index in [4.69, 9.17) is 9.47 Å². The lowest BCUT2D eigenvalue weighted by atomic mass is 9.87. The molecule has 2 aliphatic rings. The van der Waals surface area contributed by atoms with E-state index in [9.17, 15) is 9.59 Å². The van der Waals surface area contributed by atoms with Crippen LogP contribution in [0.15, 0.2) is 72.8 Å². The van der Waals surface area contributed by atoms with Crippen LogP contribution in [-0.4, -0.2) is 75.1 Å². The highest BCUT2D eigenvalue weighted by Gasteiger charge is 2.42. The first kappa shape index (κ1) is 25.6. The fourth-order valence-corrected chi connectivity index (χ4v) is 5.67. The minimum atomic E-state index is -0.311. The number of benzene rings is 3. The van der Waals surface area contributed by atoms with Gasteiger partial charge in [-0.15, -0.1) is 0 Å². The first-order valence-electron chi connectivity index (χ1n) is 13.1. The predicted octanol–water partition coefficient (Wildman–Crippen LogP) is 4.22. The molecule has 0 N–H and O–H groups in total. The van der Waals surface area contributed by atoms with E-state index in [0.717, 1.165) is 24.4 Å². The van der Waals surface area contributed by atoms with Crippen LogP contribution in [0.3, 0.4) is 0 Å². The van der Waals surface area contributed by atoms with Gasteiger partial charge in [0.05, 0.1) is 20.1 Å². The van der Waals surface area contributed by atoms with Crippen molar-refractivity contribution in [3.05, 3.63) is 89.5 Å². The molecule has 3 aromatic rings. The highest BCUT2D eigenvalue weighted by Crippen LogP contribution is 2.36. The Labute approximate surface area is 224 Å². The van der Waals surface area contributed by atoms with Gasteiger partial charge in [-0.05, 0) is 60.5 Å². The summed E-state index contributed by atoms with van der Waals surface area (Å²) < 4.78 is 10.7. The molecule has 2 aliphatic heterocycles. The molecule has 2 saturated heterocycles. The standard InChI is InChI=1S/C31H35N3O4/c1-22-7-4-5-10-29(22)32-15-17-33(18-16-32)31(36)28-21-34(30(35)23-11-13-25(37-2)14-12-23)20-27(28)24-8-6-9-26(19-24)38-3/h4-14,19,27-28H,15-18,20-21H2,1-3H3. The van der Waals surface area contributed by atoms with Crippen molar-refractivity contribution in [2.75, 3.05) is 58.4 Å². The number of ether oxygens (including phenoxy) is 2. The number of likely N-dealkylation sites (tertiary alicyclic amines) is 1. The van der Waals surface area contributed by atoms with Gasteiger partial charge in [0.2, 0.25) is 5.91 Å². The quantitative estimate of drug-likeness (QED) is 0.494. The van der Waals surface area contributed by atoms with Gasteiger partial charge in [0, 0.05) is 56.4 Å². The monoisotopic (exact) mass is 513 g/mol. The Kier molecular flexibility index (Phi) is 7.54. The third kappa shape index (κ3) is 5.19. The van der Waals surface area contributed by atoms with Gasteiger partial charge in [0.15, 0.2) is 0 Å². The van der Waals surface area contributed by atoms with Crippen molar-refractivity contribution in [1.29, 1.82) is 0 Å². The molecule has 38 heavy (non-hydrogen) atoms. The molecule has 2 heterocycles. The van der Waals surface area contributed by atoms with E-state index in [1.807, 2.05) is 34.1 Å². The SMILES string of the molecule is COc1ccc(C(=O)N2CC(C(=O)N3CCN(c4ccccc4C)CC3)C(c3cccc(OC)c3)C2)cc1. The number of para-hydroxylation sites is 1. The summed E-state index contributed by atoms with van der Waals surface area (Å²) in [6.07, 6.45) is 0. The van der Waals surface area contributed by atoms with Crippen LogP contribution in [0, 0.1) is 12.8 Å². The number of rotatable bonds is 6. The maximum absolute atomic E-state index is 14.0. The fraction of sp³-hybridized carbons (Fsp3) is 0.355. The van der Waals surface area contributed by atoms with E-state index in [2.05, 4.69) is 36.1 Å². The van der Waals surface area contributed by atoms with Crippen molar-refractivity contribution >= 4 is 17.5 Å². The summed E-state index contributed by atoms with van der Waals surface area (Å²) in [4.78, 5) is 33.6. The van der Waals surface area contributed by atoms with Crippen molar-refractivity contribution in [3.8, 4) is 11.5 Å². The Balaban J connectivity index is 1.35. The van der Waals surface area contributed by atoms with E-state index in [1.165, 1.54) is 11.3 Å². The first-order valence-corrected chi connectivity index (χ1v) is 13.1. The van der Waals surface area contributed by atoms with Crippen molar-refractivity contribution in [3.63, 3.8) is 0 Å². The molecule has 0 aliphatic carbocycles. The van der Waals surface area contributed by atoms with Crippen LogP contribution >= 0.6 is 0 Å². The van der Waals surface area contributed by atoms with Crippen LogP contribution < -0.4 is 14.4 Å². The molecule has 0 saturated carbocycles. The fourth-order valence-electron chi connectivity index (χ4n) is 5.67. The van der Waals surface area contributed by atoms with Gasteiger partial charge in [-0.2, -0.15) is 0 Å². The zero-order chi connectivity index (χ0) is 26.6. The van der Waals surface area contributed by atoms with Crippen LogP contribution in [0.1, 0.15) is 27.4 Å². The second kappa shape index (κ2) is 11.2. The normalized spacial score (nSPS) is 19.4. The lowest BCUT2D eigenvalue weighted by molar-refractivity contribution is -0.135. The smallest absolute Gasteiger partial charge is 0.253 e. The topological polar surface area (TPSA) is 62.3 Å². The lowest BCUT2D eigenvalue weighted by Crippen LogP contribution is -2.51. The molecule has 2 fully saturated rings. The van der Waals surface area contributed by atoms with Crippen LogP contribution in [0.2, 0.25) is 0 Å². The summed E-state index contributed by atoms with van der Waals surface area (Å²) in [5.74, 6) is 1.09. The number of nitrogens with zero attached hydrogens (tertiary/aromatic N) is 3. The molecule has 7 nitrogen and oxygen atoms in total. The Morgan fingerprint density at radius 1 is 0.763 bits per heavy atom. The summed E-state index contributed by atoms with van der Waals surface area (Å²) in [6, 6.07) is 23.4. The van der Waals surface area contributed by atoms with Gasteiger partial charge in [0.25, 0.3) is 5.91 Å². The average Bonchev–Trinajstić information content (AvgIpc) is 3.42. The second-order valence-electron chi connectivity index (χ2n) is 10.0. The summed E-state index contributed by atoms with van der Waals surface area (Å²) in [6.45, 7) is 5.92. The number of hydrogen-bond donors (Lipinski definition) is 0. The maximum atomic E-state index is 14.0. The summed E-state index contributed by atoms with van der Waals surface area (Å²) in [5, 5.41) is 0. The number of carbonyl (C=O) groups excluding carboxylic acids is 2.